The van der Waals surface area contributed by atoms with Crippen LogP contribution in [-0.2, 0) is 11.3 Å². The van der Waals surface area contributed by atoms with E-state index in [2.05, 4.69) is 14.9 Å². The Morgan fingerprint density at radius 3 is 2.52 bits per heavy atom. The maximum atomic E-state index is 12.3. The molecule has 1 aliphatic heterocycles. The number of amides is 1. The van der Waals surface area contributed by atoms with Gasteiger partial charge in [0.2, 0.25) is 17.6 Å². The van der Waals surface area contributed by atoms with Crippen LogP contribution in [0.5, 0.6) is 5.75 Å². The summed E-state index contributed by atoms with van der Waals surface area (Å²) in [5, 5.41) is 3.91. The van der Waals surface area contributed by atoms with Crippen molar-refractivity contribution in [3.05, 3.63) is 66.1 Å². The van der Waals surface area contributed by atoms with Crippen molar-refractivity contribution in [3.63, 3.8) is 0 Å². The third-order valence-corrected chi connectivity index (χ3v) is 4.60. The van der Waals surface area contributed by atoms with Crippen LogP contribution in [-0.4, -0.2) is 27.3 Å². The summed E-state index contributed by atoms with van der Waals surface area (Å²) in [7, 11) is 0. The highest BCUT2D eigenvalue weighted by Crippen LogP contribution is 2.34. The molecule has 1 aromatic heterocycles. The second kappa shape index (κ2) is 7.57. The monoisotopic (exact) mass is 403 g/mol. The zero-order valence-electron chi connectivity index (χ0n) is 15.1. The lowest BCUT2D eigenvalue weighted by Crippen LogP contribution is -2.27. The van der Waals surface area contributed by atoms with E-state index in [1.165, 1.54) is 24.3 Å². The van der Waals surface area contributed by atoms with Crippen LogP contribution in [0.15, 0.2) is 59.1 Å². The van der Waals surface area contributed by atoms with Crippen LogP contribution in [0.1, 0.15) is 30.3 Å². The number of rotatable bonds is 5. The fourth-order valence-corrected chi connectivity index (χ4v) is 3.26. The minimum Gasteiger partial charge on any atom is -0.406 e. The fraction of sp³-hybridized carbons (Fsp3) is 0.250. The minimum atomic E-state index is -4.75. The van der Waals surface area contributed by atoms with Crippen LogP contribution < -0.4 is 4.74 Å². The Balaban J connectivity index is 1.51. The molecule has 9 heteroatoms. The van der Waals surface area contributed by atoms with Crippen LogP contribution in [0.4, 0.5) is 13.2 Å². The van der Waals surface area contributed by atoms with Crippen LogP contribution in [0.3, 0.4) is 0 Å². The number of aromatic nitrogens is 2. The van der Waals surface area contributed by atoms with Gasteiger partial charge in [-0.25, -0.2) is 0 Å². The average Bonchev–Trinajstić information content (AvgIpc) is 3.30. The first kappa shape index (κ1) is 19.0. The summed E-state index contributed by atoms with van der Waals surface area (Å²) in [5.41, 5.74) is 1.47. The molecule has 1 aliphatic rings. The number of alkyl halides is 3. The second-order valence-electron chi connectivity index (χ2n) is 6.59. The van der Waals surface area contributed by atoms with E-state index < -0.39 is 6.36 Å². The summed E-state index contributed by atoms with van der Waals surface area (Å²) in [5.74, 6) is 0.211. The number of halogens is 3. The number of ether oxygens (including phenoxy) is 1. The predicted octanol–water partition coefficient (Wildman–Crippen LogP) is 4.50. The number of hydrogen-bond acceptors (Lipinski definition) is 5. The van der Waals surface area contributed by atoms with E-state index >= 15 is 0 Å². The van der Waals surface area contributed by atoms with Gasteiger partial charge in [0, 0.05) is 18.5 Å². The molecule has 0 saturated carbocycles. The van der Waals surface area contributed by atoms with Crippen molar-refractivity contribution in [2.24, 2.45) is 0 Å². The van der Waals surface area contributed by atoms with Gasteiger partial charge in [-0.2, -0.15) is 4.98 Å². The van der Waals surface area contributed by atoms with E-state index in [1.807, 2.05) is 30.3 Å². The van der Waals surface area contributed by atoms with E-state index in [-0.39, 0.29) is 23.5 Å². The Hall–Kier alpha value is -3.36. The van der Waals surface area contributed by atoms with Gasteiger partial charge in [0.1, 0.15) is 11.8 Å². The Labute approximate surface area is 163 Å². The van der Waals surface area contributed by atoms with E-state index in [0.29, 0.717) is 30.8 Å². The SMILES string of the molecule is O=C1CCC(c2nc(-c3ccc(OC(F)(F)F)cc3)no2)N1Cc1ccccc1. The maximum Gasteiger partial charge on any atom is 0.573 e. The summed E-state index contributed by atoms with van der Waals surface area (Å²) < 4.78 is 46.0. The van der Waals surface area contributed by atoms with Gasteiger partial charge in [-0.15, -0.1) is 13.2 Å². The molecule has 1 atom stereocenters. The molecule has 2 heterocycles. The lowest BCUT2D eigenvalue weighted by Gasteiger charge is -2.22. The number of carbonyl (C=O) groups excluding carboxylic acids is 1. The predicted molar refractivity (Wildman–Crippen MR) is 95.4 cm³/mol. The number of nitrogens with zero attached hydrogens (tertiary/aromatic N) is 3. The van der Waals surface area contributed by atoms with Gasteiger partial charge < -0.3 is 14.2 Å². The molecule has 1 unspecified atom stereocenters. The molecular weight excluding hydrogens is 387 g/mol. The molecule has 29 heavy (non-hydrogen) atoms. The lowest BCUT2D eigenvalue weighted by molar-refractivity contribution is -0.274. The van der Waals surface area contributed by atoms with Gasteiger partial charge in [0.25, 0.3) is 0 Å². The molecule has 2 aromatic carbocycles. The third kappa shape index (κ3) is 4.39. The van der Waals surface area contributed by atoms with Gasteiger partial charge in [-0.1, -0.05) is 35.5 Å². The van der Waals surface area contributed by atoms with E-state index in [9.17, 15) is 18.0 Å². The number of carbonyl (C=O) groups is 1. The van der Waals surface area contributed by atoms with Gasteiger partial charge >= 0.3 is 6.36 Å². The highest BCUT2D eigenvalue weighted by Gasteiger charge is 2.36. The molecule has 0 aliphatic carbocycles. The molecule has 0 bridgehead atoms. The fourth-order valence-electron chi connectivity index (χ4n) is 3.26. The summed E-state index contributed by atoms with van der Waals surface area (Å²) in [6.07, 6.45) is -3.80. The highest BCUT2D eigenvalue weighted by atomic mass is 19.4. The summed E-state index contributed by atoms with van der Waals surface area (Å²) in [6, 6.07) is 14.4. The summed E-state index contributed by atoms with van der Waals surface area (Å²) >= 11 is 0. The number of benzene rings is 2. The van der Waals surface area contributed by atoms with Gasteiger partial charge in [-0.05, 0) is 36.2 Å². The quantitative estimate of drug-likeness (QED) is 0.628. The Kier molecular flexibility index (Phi) is 4.96. The average molecular weight is 403 g/mol. The lowest BCUT2D eigenvalue weighted by atomic mass is 10.1. The molecule has 0 radical (unpaired) electrons. The van der Waals surface area contributed by atoms with Crippen molar-refractivity contribution in [2.45, 2.75) is 31.8 Å². The van der Waals surface area contributed by atoms with E-state index in [0.717, 1.165) is 5.56 Å². The summed E-state index contributed by atoms with van der Waals surface area (Å²) in [4.78, 5) is 18.4. The maximum absolute atomic E-state index is 12.3. The second-order valence-corrected chi connectivity index (χ2v) is 6.59. The van der Waals surface area contributed by atoms with Crippen LogP contribution >= 0.6 is 0 Å². The van der Waals surface area contributed by atoms with Crippen molar-refractivity contribution in [2.75, 3.05) is 0 Å². The van der Waals surface area contributed by atoms with E-state index in [1.54, 1.807) is 4.90 Å². The van der Waals surface area contributed by atoms with Gasteiger partial charge in [0.05, 0.1) is 0 Å². The Bertz CT molecular complexity index is 987. The van der Waals surface area contributed by atoms with Crippen molar-refractivity contribution in [3.8, 4) is 17.1 Å². The van der Waals surface area contributed by atoms with Crippen LogP contribution in [0.25, 0.3) is 11.4 Å². The first-order valence-corrected chi connectivity index (χ1v) is 8.92. The largest absolute Gasteiger partial charge is 0.573 e. The number of likely N-dealkylation sites (tertiary alicyclic amines) is 1. The molecular formula is C20H16F3N3O3. The van der Waals surface area contributed by atoms with Gasteiger partial charge in [0.15, 0.2) is 0 Å². The zero-order valence-corrected chi connectivity index (χ0v) is 15.1. The molecule has 1 saturated heterocycles. The minimum absolute atomic E-state index is 0.00672. The standard InChI is InChI=1S/C20H16F3N3O3/c21-20(22,23)28-15-8-6-14(7-9-15)18-24-19(29-25-18)16-10-11-17(27)26(16)12-13-4-2-1-3-5-13/h1-9,16H,10-12H2. The van der Waals surface area contributed by atoms with Crippen LogP contribution in [0.2, 0.25) is 0 Å². The molecule has 3 aromatic rings. The Morgan fingerprint density at radius 1 is 1.10 bits per heavy atom. The third-order valence-electron chi connectivity index (χ3n) is 4.60. The molecule has 150 valence electrons. The first-order valence-electron chi connectivity index (χ1n) is 8.92. The Morgan fingerprint density at radius 2 is 1.83 bits per heavy atom. The molecule has 1 amide bonds. The summed E-state index contributed by atoms with van der Waals surface area (Å²) in [6.45, 7) is 0.436. The first-order chi connectivity index (χ1) is 13.9. The van der Waals surface area contributed by atoms with Crippen molar-refractivity contribution < 1.29 is 27.2 Å². The smallest absolute Gasteiger partial charge is 0.406 e. The van der Waals surface area contributed by atoms with Gasteiger partial charge in [-0.3, -0.25) is 4.79 Å². The van der Waals surface area contributed by atoms with Crippen molar-refractivity contribution >= 4 is 5.91 Å². The molecule has 1 fully saturated rings. The number of hydrogen-bond donors (Lipinski definition) is 0. The van der Waals surface area contributed by atoms with Crippen molar-refractivity contribution in [1.82, 2.24) is 15.0 Å². The molecule has 4 rings (SSSR count). The van der Waals surface area contributed by atoms with Crippen molar-refractivity contribution in [1.29, 1.82) is 0 Å². The zero-order chi connectivity index (χ0) is 20.4. The van der Waals surface area contributed by atoms with Crippen LogP contribution in [0, 0.1) is 0 Å². The topological polar surface area (TPSA) is 68.5 Å². The highest BCUT2D eigenvalue weighted by molar-refractivity contribution is 5.78. The van der Waals surface area contributed by atoms with E-state index in [4.69, 9.17) is 4.52 Å². The molecule has 6 nitrogen and oxygen atoms in total. The molecule has 0 N–H and O–H groups in total. The normalized spacial score (nSPS) is 17.0. The molecule has 0 spiro atoms.